The van der Waals surface area contributed by atoms with Crippen molar-refractivity contribution < 1.29 is 57.8 Å². The summed E-state index contributed by atoms with van der Waals surface area (Å²) >= 11 is 0. The van der Waals surface area contributed by atoms with E-state index in [2.05, 4.69) is 23.8 Å². The third-order valence-corrected chi connectivity index (χ3v) is 12.6. The number of amides is 1. The summed E-state index contributed by atoms with van der Waals surface area (Å²) in [5.41, 5.74) is -0.530. The molecule has 1 amide bonds. The topological polar surface area (TPSA) is 216 Å². The van der Waals surface area contributed by atoms with Crippen molar-refractivity contribution in [3.8, 4) is 28.7 Å². The molecule has 2 aromatic rings. The molecule has 4 aliphatic rings. The predicted octanol–water partition coefficient (Wildman–Crippen LogP) is 6.81. The first-order chi connectivity index (χ1) is 30.7. The Morgan fingerprint density at radius 3 is 2.40 bits per heavy atom. The van der Waals surface area contributed by atoms with Crippen molar-refractivity contribution in [1.29, 1.82) is 0 Å². The van der Waals surface area contributed by atoms with E-state index in [0.29, 0.717) is 11.3 Å². The van der Waals surface area contributed by atoms with Crippen molar-refractivity contribution in [1.82, 2.24) is 9.88 Å². The first-order valence-corrected chi connectivity index (χ1v) is 21.9. The molecule has 1 saturated heterocycles. The Kier molecular flexibility index (Phi) is 14.8. The number of carbonyl (C=O) groups excluding carboxylic acids is 3. The van der Waals surface area contributed by atoms with Crippen molar-refractivity contribution in [2.75, 3.05) is 32.6 Å². The Balaban J connectivity index is 1.36. The lowest BCUT2D eigenvalue weighted by Crippen LogP contribution is -2.43. The van der Waals surface area contributed by atoms with E-state index in [1.807, 2.05) is 26.0 Å². The highest BCUT2D eigenvalue weighted by molar-refractivity contribution is 6.22. The number of hydrogen-bond acceptors (Lipinski definition) is 15. The molecule has 3 heterocycles. The number of nitrogens with zero attached hydrogens (tertiary/aromatic N) is 2. The highest BCUT2D eigenvalue weighted by Crippen LogP contribution is 2.50. The van der Waals surface area contributed by atoms with Crippen molar-refractivity contribution in [2.24, 2.45) is 17.8 Å². The fourth-order valence-electron chi connectivity index (χ4n) is 8.57. The molecule has 4 N–H and O–H groups in total. The second kappa shape index (κ2) is 19.7. The van der Waals surface area contributed by atoms with E-state index in [1.165, 1.54) is 47.1 Å². The van der Waals surface area contributed by atoms with Crippen LogP contribution in [0.1, 0.15) is 83.7 Å². The number of ether oxygens (including phenoxy) is 5. The van der Waals surface area contributed by atoms with Gasteiger partial charge in [-0.3, -0.25) is 19.2 Å². The number of likely N-dealkylation sites (tertiary alicyclic amines) is 1. The number of aliphatic hydroxyl groups excluding tert-OH is 2. The van der Waals surface area contributed by atoms with Crippen LogP contribution in [-0.2, 0) is 23.8 Å². The average molecular weight is 900 g/mol. The fraction of sp³-hybridized carbons (Fsp3) is 0.490. The van der Waals surface area contributed by atoms with Gasteiger partial charge in [0.1, 0.15) is 46.4 Å². The lowest BCUT2D eigenvalue weighted by atomic mass is 9.81. The minimum absolute atomic E-state index is 0.0122. The standard InChI is InChI=1S/C49H61N3O13/c1-12-13-25(4)41(54)27(6)42(55)26(5)34(62-29(8)53)22-31(60-11)18-21-61-49(9)47(58)38-36-37(43(56)28(7)45(38)65-49)44(57)40(51-48(59)24(2)3)46-39(36)50-33-15-14-32(23-35(33)64-46)63-30-16-19-52(10)20-17-30/h12-15,18,21,23,25-27,30-31,34,41-42,54-56H,2,16-17,19-20,22H2,1,3-11H3,(H,51,59)/b13-12+,21-18+/t25-,26-,27+,31-,34+,41-,42-,49-/m0/s1. The van der Waals surface area contributed by atoms with E-state index in [0.717, 1.165) is 25.9 Å². The molecular formula is C49H61N3O13. The minimum atomic E-state index is -2.03. The smallest absolute Gasteiger partial charge is 0.312 e. The number of allylic oxidation sites excluding steroid dienone is 1. The number of rotatable bonds is 17. The SMILES string of the molecule is C=C(C)C(=O)Nc1c2oc3cc(OC4CCN(C)CC4)ccc3nc-2c2c3c(c(C)c(O)c2c1=O)O[C@](C)(O/C=C/[C@@H](C[C@@H](OC(C)=O)[C@H](C)[C@H](O)[C@H](C)[C@@H](O)[C@@H](C)/C=C/C)OC)C3=O. The van der Waals surface area contributed by atoms with E-state index in [-0.39, 0.29) is 74.4 Å². The third-order valence-electron chi connectivity index (χ3n) is 12.6. The number of Topliss-reactive ketones (excluding diaryl/α,β-unsaturated/α-hetero) is 1. The molecule has 3 aliphatic heterocycles. The van der Waals surface area contributed by atoms with Crippen LogP contribution in [0.25, 0.3) is 33.3 Å². The number of phenolic OH excluding ortho intramolecular Hbond substituents is 1. The van der Waals surface area contributed by atoms with Gasteiger partial charge in [-0.25, -0.2) is 4.98 Å². The number of hydrogen-bond donors (Lipinski definition) is 4. The zero-order chi connectivity index (χ0) is 47.7. The summed E-state index contributed by atoms with van der Waals surface area (Å²) in [7, 11) is 3.49. The molecule has 1 fully saturated rings. The van der Waals surface area contributed by atoms with E-state index in [9.17, 15) is 34.5 Å². The molecule has 16 heteroatoms. The Labute approximate surface area is 378 Å². The number of phenols is 1. The summed E-state index contributed by atoms with van der Waals surface area (Å²) < 4.78 is 36.3. The minimum Gasteiger partial charge on any atom is -0.507 e. The van der Waals surface area contributed by atoms with E-state index in [1.54, 1.807) is 32.0 Å². The Bertz CT molecular complexity index is 2560. The maximum absolute atomic E-state index is 14.7. The van der Waals surface area contributed by atoms with Gasteiger partial charge in [-0.05, 0) is 58.9 Å². The van der Waals surface area contributed by atoms with Gasteiger partial charge in [0.05, 0.1) is 35.5 Å². The maximum Gasteiger partial charge on any atom is 0.312 e. The summed E-state index contributed by atoms with van der Waals surface area (Å²) in [6.45, 7) is 18.2. The molecular weight excluding hydrogens is 839 g/mol. The number of aliphatic hydroxyl groups is 2. The van der Waals surface area contributed by atoms with Gasteiger partial charge in [0.2, 0.25) is 5.43 Å². The highest BCUT2D eigenvalue weighted by Gasteiger charge is 2.50. The van der Waals surface area contributed by atoms with E-state index < -0.39 is 70.9 Å². The van der Waals surface area contributed by atoms with Gasteiger partial charge in [-0.15, -0.1) is 0 Å². The Hall–Kier alpha value is -5.81. The quantitative estimate of drug-likeness (QED) is 0.0214. The number of nitrogens with one attached hydrogen (secondary N) is 1. The van der Waals surface area contributed by atoms with Gasteiger partial charge >= 0.3 is 11.8 Å². The van der Waals surface area contributed by atoms with Gasteiger partial charge in [0.25, 0.3) is 11.7 Å². The molecule has 0 unspecified atom stereocenters. The van der Waals surface area contributed by atoms with Gasteiger partial charge in [-0.1, -0.05) is 39.5 Å². The summed E-state index contributed by atoms with van der Waals surface area (Å²) in [6, 6.07) is 5.10. The number of benzene rings is 3. The molecule has 0 bridgehead atoms. The molecule has 350 valence electrons. The van der Waals surface area contributed by atoms with Crippen LogP contribution in [0.3, 0.4) is 0 Å². The van der Waals surface area contributed by atoms with Crippen LogP contribution in [0.2, 0.25) is 0 Å². The van der Waals surface area contributed by atoms with Gasteiger partial charge < -0.3 is 53.6 Å². The summed E-state index contributed by atoms with van der Waals surface area (Å²) in [4.78, 5) is 61.6. The zero-order valence-electron chi connectivity index (χ0n) is 38.7. The average Bonchev–Trinajstić information content (AvgIpc) is 3.53. The molecule has 0 saturated carbocycles. The Morgan fingerprint density at radius 1 is 1.08 bits per heavy atom. The van der Waals surface area contributed by atoms with E-state index in [4.69, 9.17) is 33.1 Å². The molecule has 0 radical (unpaired) electrons. The summed E-state index contributed by atoms with van der Waals surface area (Å²) in [5.74, 6) is -5.61. The lowest BCUT2D eigenvalue weighted by Gasteiger charge is -2.35. The number of fused-ring (bicyclic) bond motifs is 6. The van der Waals surface area contributed by atoms with Gasteiger partial charge in [0, 0.05) is 80.8 Å². The first-order valence-electron chi connectivity index (χ1n) is 21.9. The Morgan fingerprint density at radius 2 is 1.77 bits per heavy atom. The fourth-order valence-corrected chi connectivity index (χ4v) is 8.57. The third kappa shape index (κ3) is 9.91. The van der Waals surface area contributed by atoms with Crippen LogP contribution in [-0.4, -0.2) is 106 Å². The van der Waals surface area contributed by atoms with Crippen molar-refractivity contribution in [3.05, 3.63) is 76.2 Å². The first kappa shape index (κ1) is 48.6. The number of aromatic nitrogens is 1. The monoisotopic (exact) mass is 899 g/mol. The largest absolute Gasteiger partial charge is 0.507 e. The van der Waals surface area contributed by atoms with Crippen LogP contribution in [0.4, 0.5) is 5.69 Å². The normalized spacial score (nSPS) is 20.3. The molecule has 65 heavy (non-hydrogen) atoms. The van der Waals surface area contributed by atoms with Crippen LogP contribution < -0.4 is 20.2 Å². The number of methoxy groups -OCH3 is 1. The van der Waals surface area contributed by atoms with Crippen LogP contribution >= 0.6 is 0 Å². The van der Waals surface area contributed by atoms with Crippen LogP contribution in [0.15, 0.2) is 64.1 Å². The molecule has 2 aromatic carbocycles. The molecule has 0 spiro atoms. The summed E-state index contributed by atoms with van der Waals surface area (Å²) in [6.07, 6.45) is 4.58. The predicted molar refractivity (Wildman–Crippen MR) is 244 cm³/mol. The second-order valence-corrected chi connectivity index (χ2v) is 17.6. The molecule has 6 rings (SSSR count). The molecule has 8 atom stereocenters. The van der Waals surface area contributed by atoms with E-state index >= 15 is 0 Å². The number of ketones is 1. The van der Waals surface area contributed by atoms with Crippen LogP contribution in [0.5, 0.6) is 17.2 Å². The van der Waals surface area contributed by atoms with Crippen LogP contribution in [0, 0.1) is 24.7 Å². The van der Waals surface area contributed by atoms with Crippen molar-refractivity contribution >= 4 is 45.2 Å². The van der Waals surface area contributed by atoms with Crippen molar-refractivity contribution in [3.63, 3.8) is 0 Å². The van der Waals surface area contributed by atoms with Gasteiger partial charge in [-0.2, -0.15) is 0 Å². The number of piperidine rings is 1. The summed E-state index contributed by atoms with van der Waals surface area (Å²) in [5, 5.41) is 36.2. The number of carbonyl (C=O) groups is 3. The lowest BCUT2D eigenvalue weighted by molar-refractivity contribution is -0.155. The highest BCUT2D eigenvalue weighted by atomic mass is 16.7. The number of aromatic hydroxyl groups is 1. The second-order valence-electron chi connectivity index (χ2n) is 17.6. The maximum atomic E-state index is 14.7. The number of esters is 1. The zero-order valence-corrected chi connectivity index (χ0v) is 38.7. The molecule has 16 nitrogen and oxygen atoms in total. The number of anilines is 1. The molecule has 1 aliphatic carbocycles. The van der Waals surface area contributed by atoms with Gasteiger partial charge in [0.15, 0.2) is 11.3 Å². The van der Waals surface area contributed by atoms with Crippen molar-refractivity contribution in [2.45, 2.75) is 111 Å². The molecule has 0 aromatic heterocycles.